The third kappa shape index (κ3) is 8.64. The van der Waals surface area contributed by atoms with Crippen LogP contribution in [0.15, 0.2) is 71.3 Å². The van der Waals surface area contributed by atoms with Crippen molar-refractivity contribution in [2.75, 3.05) is 19.3 Å². The van der Waals surface area contributed by atoms with Crippen LogP contribution >= 0.6 is 7.60 Å². The lowest BCUT2D eigenvalue weighted by atomic mass is 10.1. The quantitative estimate of drug-likeness (QED) is 0.221. The molecule has 0 atom stereocenters. The number of benzene rings is 2. The highest BCUT2D eigenvalue weighted by atomic mass is 31.2. The molecular weight excluding hydrogens is 425 g/mol. The predicted octanol–water partition coefficient (Wildman–Crippen LogP) is 5.40. The Kier molecular flexibility index (Phi) is 8.46. The zero-order valence-electron chi connectivity index (χ0n) is 20.1. The van der Waals surface area contributed by atoms with Crippen molar-refractivity contribution in [2.45, 2.75) is 38.6 Å². The van der Waals surface area contributed by atoms with E-state index in [0.29, 0.717) is 43.0 Å². The summed E-state index contributed by atoms with van der Waals surface area (Å²) in [5.74, 6) is 0.992. The minimum absolute atomic E-state index is 0.148. The maximum Gasteiger partial charge on any atom is 0.325 e. The van der Waals surface area contributed by atoms with Crippen molar-refractivity contribution in [3.63, 3.8) is 0 Å². The van der Waals surface area contributed by atoms with Gasteiger partial charge < -0.3 is 24.3 Å². The fourth-order valence-electron chi connectivity index (χ4n) is 3.34. The maximum absolute atomic E-state index is 11.0. The number of nitrogens with one attached hydrogen (secondary N) is 1. The predicted molar refractivity (Wildman–Crippen MR) is 127 cm³/mol. The van der Waals surface area contributed by atoms with E-state index in [1.54, 1.807) is 24.5 Å². The molecule has 1 aromatic heterocycles. The van der Waals surface area contributed by atoms with Crippen molar-refractivity contribution in [2.24, 2.45) is 0 Å². The zero-order valence-corrected chi connectivity index (χ0v) is 19.0. The molecule has 6 nitrogen and oxygen atoms in total. The van der Waals surface area contributed by atoms with Crippen molar-refractivity contribution >= 4 is 7.60 Å². The standard InChI is InChI=1S/C25H32NO5P/c27-32(28,29)18-8-15-26-20-22-13-14-25(23(19-22)24-12-7-17-31-24)30-16-6-2-5-11-21-9-3-1-4-10-21/h1,3-4,7,9-10,12-14,17,19,26H,2,5-6,8,11,15-16,18,20H2,(H2,27,28,29)/i16D2. The molecular formula is C25H32NO5P. The molecule has 1 heterocycles. The summed E-state index contributed by atoms with van der Waals surface area (Å²) in [5, 5.41) is 3.17. The normalized spacial score (nSPS) is 12.9. The van der Waals surface area contributed by atoms with Crippen LogP contribution in [0.25, 0.3) is 11.3 Å². The molecule has 32 heavy (non-hydrogen) atoms. The third-order valence-corrected chi connectivity index (χ3v) is 5.88. The number of furan rings is 1. The van der Waals surface area contributed by atoms with Crippen LogP contribution in [0.2, 0.25) is 0 Å². The van der Waals surface area contributed by atoms with Gasteiger partial charge in [-0.15, -0.1) is 0 Å². The van der Waals surface area contributed by atoms with E-state index in [4.69, 9.17) is 21.7 Å². The lowest BCUT2D eigenvalue weighted by Gasteiger charge is -2.13. The van der Waals surface area contributed by atoms with Crippen LogP contribution in [0.5, 0.6) is 5.75 Å². The summed E-state index contributed by atoms with van der Waals surface area (Å²) in [6.45, 7) is -0.840. The molecule has 0 aliphatic heterocycles. The highest BCUT2D eigenvalue weighted by molar-refractivity contribution is 7.51. The van der Waals surface area contributed by atoms with Gasteiger partial charge in [0, 0.05) is 6.54 Å². The second-order valence-electron chi connectivity index (χ2n) is 7.67. The Balaban J connectivity index is 1.58. The summed E-state index contributed by atoms with van der Waals surface area (Å²) < 4.78 is 39.0. The molecule has 0 saturated heterocycles. The maximum atomic E-state index is 11.0. The van der Waals surface area contributed by atoms with E-state index in [1.165, 1.54) is 5.56 Å². The molecule has 0 bridgehead atoms. The number of unbranched alkanes of at least 4 members (excludes halogenated alkanes) is 1. The first kappa shape index (κ1) is 21.5. The van der Waals surface area contributed by atoms with E-state index < -0.39 is 14.2 Å². The minimum atomic E-state index is -3.98. The summed E-state index contributed by atoms with van der Waals surface area (Å²) in [4.78, 5) is 17.9. The first-order valence-corrected chi connectivity index (χ1v) is 12.7. The Hall–Kier alpha value is -2.37. The van der Waals surface area contributed by atoms with Gasteiger partial charge in [-0.1, -0.05) is 36.4 Å². The Morgan fingerprint density at radius 3 is 2.56 bits per heavy atom. The number of aryl methyl sites for hydroxylation is 1. The van der Waals surface area contributed by atoms with Crippen LogP contribution < -0.4 is 10.1 Å². The third-order valence-electron chi connectivity index (χ3n) is 4.98. The molecule has 0 aliphatic rings. The van der Waals surface area contributed by atoms with Gasteiger partial charge in [0.25, 0.3) is 0 Å². The molecule has 3 rings (SSSR count). The molecule has 0 radical (unpaired) electrons. The van der Waals surface area contributed by atoms with Gasteiger partial charge in [-0.05, 0) is 74.0 Å². The lowest BCUT2D eigenvalue weighted by molar-refractivity contribution is 0.305. The van der Waals surface area contributed by atoms with Gasteiger partial charge in [0.1, 0.15) is 11.5 Å². The van der Waals surface area contributed by atoms with E-state index in [0.717, 1.165) is 18.4 Å². The Labute approximate surface area is 192 Å². The molecule has 2 aromatic carbocycles. The second-order valence-corrected chi connectivity index (χ2v) is 9.44. The first-order chi connectivity index (χ1) is 16.2. The average Bonchev–Trinajstić information content (AvgIpc) is 3.32. The minimum Gasteiger partial charge on any atom is -0.493 e. The van der Waals surface area contributed by atoms with E-state index >= 15 is 0 Å². The zero-order chi connectivity index (χ0) is 24.4. The Morgan fingerprint density at radius 2 is 1.81 bits per heavy atom. The molecule has 0 unspecified atom stereocenters. The van der Waals surface area contributed by atoms with Crippen LogP contribution in [0.3, 0.4) is 0 Å². The van der Waals surface area contributed by atoms with Crippen molar-refractivity contribution in [3.8, 4) is 17.1 Å². The summed E-state index contributed by atoms with van der Waals surface area (Å²) in [5.41, 5.74) is 2.83. The van der Waals surface area contributed by atoms with E-state index in [1.807, 2.05) is 30.3 Å². The molecule has 0 aliphatic carbocycles. The molecule has 0 saturated carbocycles. The van der Waals surface area contributed by atoms with Crippen molar-refractivity contribution < 1.29 is 26.2 Å². The van der Waals surface area contributed by atoms with Gasteiger partial charge in [0.2, 0.25) is 0 Å². The number of hydrogen-bond acceptors (Lipinski definition) is 4. The molecule has 3 aromatic rings. The van der Waals surface area contributed by atoms with Gasteiger partial charge >= 0.3 is 7.60 Å². The van der Waals surface area contributed by atoms with Crippen LogP contribution in [-0.2, 0) is 17.5 Å². The number of ether oxygens (including phenoxy) is 1. The fraction of sp³-hybridized carbons (Fsp3) is 0.360. The van der Waals surface area contributed by atoms with Crippen LogP contribution in [0.4, 0.5) is 0 Å². The van der Waals surface area contributed by atoms with Crippen molar-refractivity contribution in [1.29, 1.82) is 0 Å². The number of rotatable bonds is 14. The smallest absolute Gasteiger partial charge is 0.325 e. The van der Waals surface area contributed by atoms with Gasteiger partial charge in [0.15, 0.2) is 0 Å². The first-order valence-electron chi connectivity index (χ1n) is 11.9. The van der Waals surface area contributed by atoms with Gasteiger partial charge in [-0.25, -0.2) is 0 Å². The van der Waals surface area contributed by atoms with Crippen LogP contribution in [0.1, 0.15) is 39.6 Å². The molecule has 7 heteroatoms. The largest absolute Gasteiger partial charge is 0.493 e. The molecule has 3 N–H and O–H groups in total. The molecule has 172 valence electrons. The van der Waals surface area contributed by atoms with Gasteiger partial charge in [0.05, 0.1) is 27.3 Å². The van der Waals surface area contributed by atoms with E-state index in [9.17, 15) is 4.57 Å². The molecule has 0 amide bonds. The van der Waals surface area contributed by atoms with Crippen molar-refractivity contribution in [1.82, 2.24) is 5.32 Å². The summed E-state index contributed by atoms with van der Waals surface area (Å²) in [6.07, 6.45) is 4.56. The summed E-state index contributed by atoms with van der Waals surface area (Å²) in [6, 6.07) is 19.2. The van der Waals surface area contributed by atoms with Gasteiger partial charge in [-0.3, -0.25) is 4.57 Å². The second kappa shape index (κ2) is 12.6. The van der Waals surface area contributed by atoms with Crippen LogP contribution in [0, 0.1) is 0 Å². The number of hydrogen-bond donors (Lipinski definition) is 3. The molecule has 0 spiro atoms. The summed E-state index contributed by atoms with van der Waals surface area (Å²) in [7, 11) is -3.98. The average molecular weight is 460 g/mol. The fourth-order valence-corrected chi connectivity index (χ4v) is 3.91. The highest BCUT2D eigenvalue weighted by Crippen LogP contribution is 2.34. The van der Waals surface area contributed by atoms with E-state index in [-0.39, 0.29) is 12.6 Å². The molecule has 0 fully saturated rings. The van der Waals surface area contributed by atoms with Crippen LogP contribution in [-0.4, -0.2) is 29.1 Å². The van der Waals surface area contributed by atoms with Crippen molar-refractivity contribution in [3.05, 3.63) is 78.1 Å². The Bertz CT molecular complexity index is 1050. The monoisotopic (exact) mass is 459 g/mol. The highest BCUT2D eigenvalue weighted by Gasteiger charge is 2.12. The lowest BCUT2D eigenvalue weighted by Crippen LogP contribution is -2.16. The Morgan fingerprint density at radius 1 is 0.969 bits per heavy atom. The van der Waals surface area contributed by atoms with Gasteiger partial charge in [-0.2, -0.15) is 0 Å². The topological polar surface area (TPSA) is 91.9 Å². The SMILES string of the molecule is [2H]C([2H])(CCCCc1ccccc1)Oc1ccc(CNCCCP(=O)(O)O)cc1-c1ccco1. The summed E-state index contributed by atoms with van der Waals surface area (Å²) >= 11 is 0. The van der Waals surface area contributed by atoms with E-state index in [2.05, 4.69) is 17.4 Å².